The molecule has 0 bridgehead atoms. The van der Waals surface area contributed by atoms with Crippen LogP contribution in [0.2, 0.25) is 0 Å². The molecule has 0 aliphatic rings. The maximum atomic E-state index is 12.1. The predicted octanol–water partition coefficient (Wildman–Crippen LogP) is 1.86. The van der Waals surface area contributed by atoms with Crippen molar-refractivity contribution in [2.45, 2.75) is 24.6 Å². The van der Waals surface area contributed by atoms with Gasteiger partial charge in [-0.05, 0) is 24.1 Å². The van der Waals surface area contributed by atoms with Gasteiger partial charge in [-0.15, -0.1) is 10.2 Å². The van der Waals surface area contributed by atoms with Crippen molar-refractivity contribution in [3.63, 3.8) is 0 Å². The fraction of sp³-hybridized carbons (Fsp3) is 0.250. The molecule has 21 heavy (non-hydrogen) atoms. The van der Waals surface area contributed by atoms with E-state index in [4.69, 9.17) is 0 Å². The van der Waals surface area contributed by atoms with Crippen LogP contribution in [0.15, 0.2) is 28.6 Å². The van der Waals surface area contributed by atoms with E-state index in [1.807, 2.05) is 19.1 Å². The topological polar surface area (TPSA) is 101 Å². The Hall–Kier alpha value is -2.00. The smallest absolute Gasteiger partial charge is 0.291 e. The molecule has 0 radical (unpaired) electrons. The molecule has 1 aromatic carbocycles. The van der Waals surface area contributed by atoms with Crippen LogP contribution in [0.25, 0.3) is 0 Å². The van der Waals surface area contributed by atoms with E-state index in [1.165, 1.54) is 6.92 Å². The van der Waals surface area contributed by atoms with Gasteiger partial charge in [0, 0.05) is 12.6 Å². The third-order valence-corrected chi connectivity index (χ3v) is 5.12. The Balaban J connectivity index is 2.17. The largest absolute Gasteiger partial charge is 0.301 e. The summed E-state index contributed by atoms with van der Waals surface area (Å²) in [5.41, 5.74) is 1.56. The summed E-state index contributed by atoms with van der Waals surface area (Å²) in [4.78, 5) is 10.9. The Morgan fingerprint density at radius 2 is 1.90 bits per heavy atom. The lowest BCUT2D eigenvalue weighted by Gasteiger charge is -2.05. The minimum atomic E-state index is -3.80. The van der Waals surface area contributed by atoms with Crippen LogP contribution in [0.5, 0.6) is 0 Å². The zero-order valence-electron chi connectivity index (χ0n) is 11.5. The predicted molar refractivity (Wildman–Crippen MR) is 80.8 cm³/mol. The first-order valence-corrected chi connectivity index (χ1v) is 8.43. The number of hydrogen-bond donors (Lipinski definition) is 2. The number of rotatable bonds is 5. The molecule has 0 spiro atoms. The molecule has 2 N–H and O–H groups in total. The Morgan fingerprint density at radius 3 is 2.48 bits per heavy atom. The molecular formula is C12H14N4O3S2. The fourth-order valence-electron chi connectivity index (χ4n) is 1.53. The molecular weight excluding hydrogens is 312 g/mol. The fourth-order valence-corrected chi connectivity index (χ4v) is 3.53. The van der Waals surface area contributed by atoms with E-state index in [0.29, 0.717) is 5.69 Å². The van der Waals surface area contributed by atoms with Crippen LogP contribution >= 0.6 is 11.3 Å². The number of nitrogens with zero attached hydrogens (tertiary/aromatic N) is 2. The van der Waals surface area contributed by atoms with Gasteiger partial charge in [0.2, 0.25) is 11.0 Å². The van der Waals surface area contributed by atoms with Crippen LogP contribution in [0.1, 0.15) is 19.4 Å². The van der Waals surface area contributed by atoms with Crippen molar-refractivity contribution in [1.82, 2.24) is 10.2 Å². The van der Waals surface area contributed by atoms with Crippen LogP contribution in [0.4, 0.5) is 10.8 Å². The highest BCUT2D eigenvalue weighted by atomic mass is 32.2. The molecule has 112 valence electrons. The molecule has 2 rings (SSSR count). The van der Waals surface area contributed by atoms with Crippen molar-refractivity contribution in [3.05, 3.63) is 29.8 Å². The molecule has 0 atom stereocenters. The first-order valence-electron chi connectivity index (χ1n) is 6.13. The van der Waals surface area contributed by atoms with Crippen molar-refractivity contribution < 1.29 is 13.2 Å². The summed E-state index contributed by atoms with van der Waals surface area (Å²) in [6.07, 6.45) is 0.878. The third-order valence-electron chi connectivity index (χ3n) is 2.53. The number of aromatic nitrogens is 2. The number of amides is 1. The van der Waals surface area contributed by atoms with Gasteiger partial charge in [0.05, 0.1) is 0 Å². The second kappa shape index (κ2) is 6.19. The van der Waals surface area contributed by atoms with Gasteiger partial charge >= 0.3 is 0 Å². The highest BCUT2D eigenvalue weighted by Crippen LogP contribution is 2.22. The highest BCUT2D eigenvalue weighted by molar-refractivity contribution is 7.94. The normalized spacial score (nSPS) is 11.1. The number of carbonyl (C=O) groups is 1. The summed E-state index contributed by atoms with van der Waals surface area (Å²) < 4.78 is 26.5. The first kappa shape index (κ1) is 15.4. The average Bonchev–Trinajstić information content (AvgIpc) is 2.88. The Labute approximate surface area is 126 Å². The average molecular weight is 326 g/mol. The molecule has 0 saturated heterocycles. The zero-order valence-corrected chi connectivity index (χ0v) is 13.1. The highest BCUT2D eigenvalue weighted by Gasteiger charge is 2.20. The number of hydrogen-bond acceptors (Lipinski definition) is 6. The number of nitrogens with one attached hydrogen (secondary N) is 2. The van der Waals surface area contributed by atoms with Crippen molar-refractivity contribution in [3.8, 4) is 0 Å². The van der Waals surface area contributed by atoms with E-state index >= 15 is 0 Å². The lowest BCUT2D eigenvalue weighted by Crippen LogP contribution is -2.12. The molecule has 7 nitrogen and oxygen atoms in total. The minimum Gasteiger partial charge on any atom is -0.301 e. The Bertz CT molecular complexity index is 738. The molecule has 1 heterocycles. The number of sulfonamides is 1. The molecule has 0 fully saturated rings. The summed E-state index contributed by atoms with van der Waals surface area (Å²) in [7, 11) is -3.80. The van der Waals surface area contributed by atoms with E-state index in [-0.39, 0.29) is 15.4 Å². The molecule has 0 aliphatic heterocycles. The molecule has 9 heteroatoms. The van der Waals surface area contributed by atoms with Crippen LogP contribution in [-0.4, -0.2) is 24.5 Å². The third kappa shape index (κ3) is 3.99. The summed E-state index contributed by atoms with van der Waals surface area (Å²) in [5.74, 6) is -0.335. The molecule has 2 aromatic rings. The summed E-state index contributed by atoms with van der Waals surface area (Å²) in [6, 6.07) is 7.07. The maximum Gasteiger partial charge on any atom is 0.291 e. The second-order valence-electron chi connectivity index (χ2n) is 4.21. The summed E-state index contributed by atoms with van der Waals surface area (Å²) in [5, 5.41) is 9.72. The van der Waals surface area contributed by atoms with E-state index < -0.39 is 10.0 Å². The monoisotopic (exact) mass is 326 g/mol. The Kier molecular flexibility index (Phi) is 4.53. The van der Waals surface area contributed by atoms with Gasteiger partial charge in [0.25, 0.3) is 14.4 Å². The van der Waals surface area contributed by atoms with Gasteiger partial charge in [-0.25, -0.2) is 0 Å². The van der Waals surface area contributed by atoms with Crippen LogP contribution in [0.3, 0.4) is 0 Å². The number of anilines is 2. The standard InChI is InChI=1S/C12H14N4O3S2/c1-3-9-4-6-10(7-5-9)16-21(18,19)12-15-14-11(20-12)13-8(2)17/h4-7,16H,3H2,1-2H3,(H,13,14,17). The van der Waals surface area contributed by atoms with Gasteiger partial charge in [0.1, 0.15) is 0 Å². The molecule has 0 saturated carbocycles. The molecule has 1 aromatic heterocycles. The maximum absolute atomic E-state index is 12.1. The Morgan fingerprint density at radius 1 is 1.24 bits per heavy atom. The second-order valence-corrected chi connectivity index (χ2v) is 7.04. The SMILES string of the molecule is CCc1ccc(NS(=O)(=O)c2nnc(NC(C)=O)s2)cc1. The molecule has 0 unspecified atom stereocenters. The van der Waals surface area contributed by atoms with E-state index in [0.717, 1.165) is 23.3 Å². The number of benzene rings is 1. The van der Waals surface area contributed by atoms with E-state index in [2.05, 4.69) is 20.2 Å². The number of aryl methyl sites for hydroxylation is 1. The van der Waals surface area contributed by atoms with Crippen LogP contribution in [0, 0.1) is 0 Å². The first-order chi connectivity index (χ1) is 9.90. The lowest BCUT2D eigenvalue weighted by atomic mass is 10.2. The molecule has 1 amide bonds. The van der Waals surface area contributed by atoms with Crippen LogP contribution < -0.4 is 10.0 Å². The van der Waals surface area contributed by atoms with Gasteiger partial charge in [-0.3, -0.25) is 9.52 Å². The van der Waals surface area contributed by atoms with E-state index in [9.17, 15) is 13.2 Å². The van der Waals surface area contributed by atoms with Crippen LogP contribution in [-0.2, 0) is 21.2 Å². The zero-order chi connectivity index (χ0) is 15.5. The van der Waals surface area contributed by atoms with Gasteiger partial charge in [-0.2, -0.15) is 8.42 Å². The van der Waals surface area contributed by atoms with Crippen molar-refractivity contribution in [2.75, 3.05) is 10.0 Å². The molecule has 0 aliphatic carbocycles. The van der Waals surface area contributed by atoms with Crippen molar-refractivity contribution in [1.29, 1.82) is 0 Å². The number of carbonyl (C=O) groups excluding carboxylic acids is 1. The quantitative estimate of drug-likeness (QED) is 0.817. The van der Waals surface area contributed by atoms with Crippen molar-refractivity contribution >= 4 is 38.1 Å². The summed E-state index contributed by atoms with van der Waals surface area (Å²) in [6.45, 7) is 3.33. The van der Waals surface area contributed by atoms with E-state index in [1.54, 1.807) is 12.1 Å². The summed E-state index contributed by atoms with van der Waals surface area (Å²) >= 11 is 0.790. The van der Waals surface area contributed by atoms with Gasteiger partial charge < -0.3 is 5.32 Å². The van der Waals surface area contributed by atoms with Crippen molar-refractivity contribution in [2.24, 2.45) is 0 Å². The minimum absolute atomic E-state index is 0.143. The lowest BCUT2D eigenvalue weighted by molar-refractivity contribution is -0.114. The van der Waals surface area contributed by atoms with Gasteiger partial charge in [0.15, 0.2) is 0 Å². The van der Waals surface area contributed by atoms with Gasteiger partial charge in [-0.1, -0.05) is 30.4 Å².